The van der Waals surface area contributed by atoms with Crippen molar-refractivity contribution in [2.45, 2.75) is 26.9 Å². The second kappa shape index (κ2) is 5.75. The maximum Gasteiger partial charge on any atom is 0.152 e. The summed E-state index contributed by atoms with van der Waals surface area (Å²) in [5.41, 5.74) is 7.52. The standard InChI is InChI=1S/C12H16N6S/c1-3-18-7-16-17-9(18)6-15-12-10(11(13)19)8(2)4-5-14-12/h4-5,7H,3,6H2,1-2H3,(H2,13,19)(H,14,15). The molecule has 3 N–H and O–H groups in total. The molecule has 0 aliphatic rings. The molecule has 0 saturated heterocycles. The van der Waals surface area contributed by atoms with Gasteiger partial charge in [0.05, 0.1) is 12.1 Å². The molecule has 0 spiro atoms. The van der Waals surface area contributed by atoms with Crippen molar-refractivity contribution in [2.75, 3.05) is 5.32 Å². The molecule has 2 aromatic heterocycles. The number of nitrogens with two attached hydrogens (primary N) is 1. The molecule has 0 aromatic carbocycles. The van der Waals surface area contributed by atoms with E-state index < -0.39 is 0 Å². The van der Waals surface area contributed by atoms with Crippen molar-refractivity contribution >= 4 is 23.0 Å². The summed E-state index contributed by atoms with van der Waals surface area (Å²) in [5, 5.41) is 11.2. The third-order valence-corrected chi connectivity index (χ3v) is 3.06. The number of aromatic nitrogens is 4. The van der Waals surface area contributed by atoms with Crippen LogP contribution in [0.25, 0.3) is 0 Å². The Hall–Kier alpha value is -2.02. The van der Waals surface area contributed by atoms with Crippen LogP contribution in [-0.2, 0) is 13.1 Å². The summed E-state index contributed by atoms with van der Waals surface area (Å²) in [6.07, 6.45) is 3.43. The molecule has 0 unspecified atom stereocenters. The molecule has 0 fully saturated rings. The second-order valence-electron chi connectivity index (χ2n) is 4.10. The number of nitrogens with one attached hydrogen (secondary N) is 1. The highest BCUT2D eigenvalue weighted by Gasteiger charge is 2.10. The van der Waals surface area contributed by atoms with Crippen LogP contribution in [0.4, 0.5) is 5.82 Å². The molecule has 6 nitrogen and oxygen atoms in total. The fraction of sp³-hybridized carbons (Fsp3) is 0.333. The van der Waals surface area contributed by atoms with Gasteiger partial charge in [0.15, 0.2) is 5.82 Å². The topological polar surface area (TPSA) is 81.7 Å². The third-order valence-electron chi connectivity index (χ3n) is 2.86. The van der Waals surface area contributed by atoms with Gasteiger partial charge < -0.3 is 15.6 Å². The average Bonchev–Trinajstić information content (AvgIpc) is 2.83. The maximum absolute atomic E-state index is 5.74. The van der Waals surface area contributed by atoms with Gasteiger partial charge in [0.25, 0.3) is 0 Å². The van der Waals surface area contributed by atoms with Crippen LogP contribution in [0, 0.1) is 6.92 Å². The van der Waals surface area contributed by atoms with Crippen LogP contribution in [0.2, 0.25) is 0 Å². The normalized spacial score (nSPS) is 10.4. The van der Waals surface area contributed by atoms with Gasteiger partial charge in [-0.15, -0.1) is 10.2 Å². The molecule has 0 bridgehead atoms. The summed E-state index contributed by atoms with van der Waals surface area (Å²) >= 11 is 5.06. The molecule has 0 atom stereocenters. The van der Waals surface area contributed by atoms with Gasteiger partial charge in [-0.05, 0) is 25.5 Å². The van der Waals surface area contributed by atoms with Gasteiger partial charge in [0.1, 0.15) is 17.1 Å². The summed E-state index contributed by atoms with van der Waals surface area (Å²) in [7, 11) is 0. The lowest BCUT2D eigenvalue weighted by Crippen LogP contribution is -2.17. The molecule has 0 aliphatic heterocycles. The molecule has 2 rings (SSSR count). The minimum Gasteiger partial charge on any atom is -0.389 e. The number of pyridine rings is 1. The third kappa shape index (κ3) is 2.87. The summed E-state index contributed by atoms with van der Waals surface area (Å²) < 4.78 is 1.96. The van der Waals surface area contributed by atoms with Gasteiger partial charge in [-0.25, -0.2) is 4.98 Å². The maximum atomic E-state index is 5.74. The molecule has 2 heterocycles. The zero-order chi connectivity index (χ0) is 13.8. The fourth-order valence-electron chi connectivity index (χ4n) is 1.85. The van der Waals surface area contributed by atoms with Crippen molar-refractivity contribution in [2.24, 2.45) is 5.73 Å². The molecule has 7 heteroatoms. The Bertz CT molecular complexity index is 592. The van der Waals surface area contributed by atoms with Crippen molar-refractivity contribution in [3.63, 3.8) is 0 Å². The van der Waals surface area contributed by atoms with Crippen LogP contribution in [0.5, 0.6) is 0 Å². The molecular formula is C12H16N6S. The SMILES string of the molecule is CCn1cnnc1CNc1nccc(C)c1C(N)=S. The lowest BCUT2D eigenvalue weighted by molar-refractivity contribution is 0.707. The van der Waals surface area contributed by atoms with Gasteiger partial charge in [-0.3, -0.25) is 0 Å². The van der Waals surface area contributed by atoms with E-state index in [0.29, 0.717) is 17.4 Å². The van der Waals surface area contributed by atoms with Gasteiger partial charge in [0.2, 0.25) is 0 Å². The number of hydrogen-bond acceptors (Lipinski definition) is 5. The quantitative estimate of drug-likeness (QED) is 0.800. The first-order valence-electron chi connectivity index (χ1n) is 5.99. The van der Waals surface area contributed by atoms with E-state index in [2.05, 4.69) is 20.5 Å². The predicted octanol–water partition coefficient (Wildman–Crippen LogP) is 1.25. The number of thiocarbonyl (C=S) groups is 1. The van der Waals surface area contributed by atoms with E-state index in [1.807, 2.05) is 24.5 Å². The minimum absolute atomic E-state index is 0.338. The zero-order valence-electron chi connectivity index (χ0n) is 10.9. The van der Waals surface area contributed by atoms with Crippen molar-refractivity contribution in [3.8, 4) is 0 Å². The summed E-state index contributed by atoms with van der Waals surface area (Å²) in [6.45, 7) is 5.35. The fourth-order valence-corrected chi connectivity index (χ4v) is 2.10. The highest BCUT2D eigenvalue weighted by atomic mass is 32.1. The van der Waals surface area contributed by atoms with E-state index in [9.17, 15) is 0 Å². The molecule has 2 aromatic rings. The van der Waals surface area contributed by atoms with E-state index in [1.54, 1.807) is 12.5 Å². The second-order valence-corrected chi connectivity index (χ2v) is 4.54. The first-order chi connectivity index (χ1) is 9.13. The van der Waals surface area contributed by atoms with Crippen molar-refractivity contribution in [1.29, 1.82) is 0 Å². The first-order valence-corrected chi connectivity index (χ1v) is 6.40. The van der Waals surface area contributed by atoms with Gasteiger partial charge in [-0.2, -0.15) is 0 Å². The Morgan fingerprint density at radius 2 is 2.32 bits per heavy atom. The number of aryl methyl sites for hydroxylation is 2. The lowest BCUT2D eigenvalue weighted by atomic mass is 10.1. The first kappa shape index (κ1) is 13.4. The summed E-state index contributed by atoms with van der Waals surface area (Å²) in [4.78, 5) is 4.62. The van der Waals surface area contributed by atoms with Gasteiger partial charge in [-0.1, -0.05) is 12.2 Å². The molecule has 19 heavy (non-hydrogen) atoms. The molecule has 0 radical (unpaired) electrons. The van der Waals surface area contributed by atoms with Crippen LogP contribution < -0.4 is 11.1 Å². The van der Waals surface area contributed by atoms with Crippen LogP contribution in [0.3, 0.4) is 0 Å². The van der Waals surface area contributed by atoms with Crippen LogP contribution in [-0.4, -0.2) is 24.7 Å². The van der Waals surface area contributed by atoms with E-state index in [1.165, 1.54) is 0 Å². The Kier molecular flexibility index (Phi) is 4.06. The smallest absolute Gasteiger partial charge is 0.152 e. The Balaban J connectivity index is 2.20. The van der Waals surface area contributed by atoms with E-state index in [0.717, 1.165) is 23.5 Å². The van der Waals surface area contributed by atoms with Crippen LogP contribution >= 0.6 is 12.2 Å². The Labute approximate surface area is 117 Å². The van der Waals surface area contributed by atoms with Crippen molar-refractivity contribution < 1.29 is 0 Å². The summed E-state index contributed by atoms with van der Waals surface area (Å²) in [6, 6.07) is 1.88. The predicted molar refractivity (Wildman–Crippen MR) is 77.9 cm³/mol. The Morgan fingerprint density at radius 3 is 3.00 bits per heavy atom. The number of hydrogen-bond donors (Lipinski definition) is 2. The van der Waals surface area contributed by atoms with E-state index in [4.69, 9.17) is 18.0 Å². The lowest BCUT2D eigenvalue weighted by Gasteiger charge is -2.12. The van der Waals surface area contributed by atoms with Crippen LogP contribution in [0.1, 0.15) is 23.9 Å². The zero-order valence-corrected chi connectivity index (χ0v) is 11.7. The van der Waals surface area contributed by atoms with Crippen molar-refractivity contribution in [3.05, 3.63) is 35.5 Å². The van der Waals surface area contributed by atoms with Gasteiger partial charge in [0, 0.05) is 12.7 Å². The number of rotatable bonds is 5. The van der Waals surface area contributed by atoms with E-state index >= 15 is 0 Å². The average molecular weight is 276 g/mol. The van der Waals surface area contributed by atoms with Crippen LogP contribution in [0.15, 0.2) is 18.6 Å². The minimum atomic E-state index is 0.338. The highest BCUT2D eigenvalue weighted by Crippen LogP contribution is 2.17. The Morgan fingerprint density at radius 1 is 1.53 bits per heavy atom. The number of anilines is 1. The van der Waals surface area contributed by atoms with E-state index in [-0.39, 0.29) is 0 Å². The number of nitrogens with zero attached hydrogens (tertiary/aromatic N) is 4. The van der Waals surface area contributed by atoms with Gasteiger partial charge >= 0.3 is 0 Å². The molecular weight excluding hydrogens is 260 g/mol. The highest BCUT2D eigenvalue weighted by molar-refractivity contribution is 7.80. The molecule has 100 valence electrons. The largest absolute Gasteiger partial charge is 0.389 e. The monoisotopic (exact) mass is 276 g/mol. The molecule has 0 saturated carbocycles. The molecule has 0 aliphatic carbocycles. The summed E-state index contributed by atoms with van der Waals surface area (Å²) in [5.74, 6) is 1.53. The molecule has 0 amide bonds. The van der Waals surface area contributed by atoms with Crippen molar-refractivity contribution in [1.82, 2.24) is 19.7 Å².